The summed E-state index contributed by atoms with van der Waals surface area (Å²) >= 11 is 5.82. The monoisotopic (exact) mass is 395 g/mol. The molecule has 0 aliphatic heterocycles. The van der Waals surface area contributed by atoms with Crippen LogP contribution in [0.2, 0.25) is 5.02 Å². The lowest BCUT2D eigenvalue weighted by atomic mass is 10.2. The summed E-state index contributed by atoms with van der Waals surface area (Å²) in [6.07, 6.45) is 2.32. The van der Waals surface area contributed by atoms with Gasteiger partial charge in [0.25, 0.3) is 0 Å². The first kappa shape index (κ1) is 20.3. The third kappa shape index (κ3) is 7.89. The molecule has 0 saturated heterocycles. The number of anilines is 1. The zero-order chi connectivity index (χ0) is 19.0. The number of rotatable bonds is 10. The highest BCUT2D eigenvalue weighted by molar-refractivity contribution is 7.89. The predicted octanol–water partition coefficient (Wildman–Crippen LogP) is 3.72. The summed E-state index contributed by atoms with van der Waals surface area (Å²) in [5, 5.41) is 3.91. The number of ketones is 1. The van der Waals surface area contributed by atoms with Gasteiger partial charge < -0.3 is 10.1 Å². The summed E-state index contributed by atoms with van der Waals surface area (Å²) in [5.74, 6) is 0.560. The molecular weight excluding hydrogens is 374 g/mol. The van der Waals surface area contributed by atoms with Gasteiger partial charge in [-0.05, 0) is 48.4 Å². The lowest BCUT2D eigenvalue weighted by Crippen LogP contribution is -2.13. The molecule has 0 radical (unpaired) electrons. The summed E-state index contributed by atoms with van der Waals surface area (Å²) in [6.45, 7) is 0.694. The molecule has 7 heteroatoms. The Hall–Kier alpha value is -2.05. The maximum atomic E-state index is 11.9. The van der Waals surface area contributed by atoms with Gasteiger partial charge in [0.1, 0.15) is 12.4 Å². The first-order valence-corrected chi connectivity index (χ1v) is 10.7. The van der Waals surface area contributed by atoms with Gasteiger partial charge in [-0.25, -0.2) is 8.42 Å². The van der Waals surface area contributed by atoms with E-state index in [0.717, 1.165) is 5.69 Å². The van der Waals surface area contributed by atoms with E-state index in [9.17, 15) is 13.2 Å². The SMILES string of the molecule is CS(=O)(=O)Cc1ccc(OCC(=O)CCCNc2ccc(Cl)cc2)cc1. The average Bonchev–Trinajstić information content (AvgIpc) is 2.58. The number of nitrogens with one attached hydrogen (secondary N) is 1. The van der Waals surface area contributed by atoms with Crippen LogP contribution in [-0.2, 0) is 20.4 Å². The average molecular weight is 396 g/mol. The Bertz CT molecular complexity index is 818. The van der Waals surface area contributed by atoms with Gasteiger partial charge in [0.2, 0.25) is 0 Å². The molecule has 0 aliphatic rings. The molecule has 0 aliphatic carbocycles. The zero-order valence-corrected chi connectivity index (χ0v) is 16.1. The second-order valence-electron chi connectivity index (χ2n) is 6.08. The fourth-order valence-electron chi connectivity index (χ4n) is 2.31. The Morgan fingerprint density at radius 3 is 2.35 bits per heavy atom. The molecular formula is C19H22ClNO4S. The van der Waals surface area contributed by atoms with Crippen molar-refractivity contribution in [2.75, 3.05) is 24.7 Å². The summed E-state index contributed by atoms with van der Waals surface area (Å²) < 4.78 is 27.9. The molecule has 0 amide bonds. The molecule has 0 atom stereocenters. The molecule has 0 bridgehead atoms. The standard InChI is InChI=1S/C19H22ClNO4S/c1-26(23,24)14-15-4-10-19(11-5-15)25-13-18(22)3-2-12-21-17-8-6-16(20)7-9-17/h4-11,21H,2-3,12-14H2,1H3. The molecule has 0 saturated carbocycles. The van der Waals surface area contributed by atoms with Crippen molar-refractivity contribution >= 4 is 32.9 Å². The van der Waals surface area contributed by atoms with E-state index in [2.05, 4.69) is 5.32 Å². The third-order valence-corrected chi connectivity index (χ3v) is 4.67. The van der Waals surface area contributed by atoms with Crippen molar-refractivity contribution < 1.29 is 17.9 Å². The minimum Gasteiger partial charge on any atom is -0.486 e. The van der Waals surface area contributed by atoms with E-state index >= 15 is 0 Å². The van der Waals surface area contributed by atoms with E-state index in [0.29, 0.717) is 35.7 Å². The first-order valence-electron chi connectivity index (χ1n) is 8.22. The number of benzene rings is 2. The van der Waals surface area contributed by atoms with E-state index in [1.165, 1.54) is 6.26 Å². The number of carbonyl (C=O) groups is 1. The molecule has 5 nitrogen and oxygen atoms in total. The Labute approximate surface area is 159 Å². The van der Waals surface area contributed by atoms with Crippen molar-refractivity contribution in [2.24, 2.45) is 0 Å². The van der Waals surface area contributed by atoms with Gasteiger partial charge in [0.15, 0.2) is 15.6 Å². The summed E-state index contributed by atoms with van der Waals surface area (Å²) in [6, 6.07) is 14.1. The predicted molar refractivity (Wildman–Crippen MR) is 105 cm³/mol. The van der Waals surface area contributed by atoms with Gasteiger partial charge in [-0.1, -0.05) is 23.7 Å². The molecule has 0 fully saturated rings. The van der Waals surface area contributed by atoms with Crippen LogP contribution in [0.25, 0.3) is 0 Å². The fraction of sp³-hybridized carbons (Fsp3) is 0.316. The van der Waals surface area contributed by atoms with Gasteiger partial charge >= 0.3 is 0 Å². The highest BCUT2D eigenvalue weighted by Gasteiger charge is 2.06. The van der Waals surface area contributed by atoms with E-state index in [1.807, 2.05) is 24.3 Å². The molecule has 0 spiro atoms. The molecule has 0 heterocycles. The largest absolute Gasteiger partial charge is 0.486 e. The minimum atomic E-state index is -3.06. The number of hydrogen-bond donors (Lipinski definition) is 1. The van der Waals surface area contributed by atoms with Crippen LogP contribution in [0.15, 0.2) is 48.5 Å². The second-order valence-corrected chi connectivity index (χ2v) is 8.66. The zero-order valence-electron chi connectivity index (χ0n) is 14.6. The van der Waals surface area contributed by atoms with Crippen molar-refractivity contribution in [3.05, 3.63) is 59.1 Å². The summed E-state index contributed by atoms with van der Waals surface area (Å²) in [5.41, 5.74) is 1.66. The lowest BCUT2D eigenvalue weighted by Gasteiger charge is -2.08. The number of Topliss-reactive ketones (excluding diaryl/α,β-unsaturated/α-hetero) is 1. The number of sulfone groups is 1. The first-order chi connectivity index (χ1) is 12.3. The molecule has 0 unspecified atom stereocenters. The minimum absolute atomic E-state index is 0.00632. The second kappa shape index (κ2) is 9.59. The van der Waals surface area contributed by atoms with E-state index in [-0.39, 0.29) is 18.1 Å². The van der Waals surface area contributed by atoms with Gasteiger partial charge in [-0.2, -0.15) is 0 Å². The van der Waals surface area contributed by atoms with Crippen LogP contribution in [0.5, 0.6) is 5.75 Å². The number of hydrogen-bond acceptors (Lipinski definition) is 5. The maximum Gasteiger partial charge on any atom is 0.170 e. The molecule has 140 valence electrons. The number of halogens is 1. The van der Waals surface area contributed by atoms with Crippen LogP contribution < -0.4 is 10.1 Å². The highest BCUT2D eigenvalue weighted by Crippen LogP contribution is 2.15. The molecule has 26 heavy (non-hydrogen) atoms. The normalized spacial score (nSPS) is 11.2. The van der Waals surface area contributed by atoms with Crippen LogP contribution in [0.4, 0.5) is 5.69 Å². The quantitative estimate of drug-likeness (QED) is 0.620. The van der Waals surface area contributed by atoms with Crippen LogP contribution in [0, 0.1) is 0 Å². The van der Waals surface area contributed by atoms with Gasteiger partial charge in [0.05, 0.1) is 5.75 Å². The maximum absolute atomic E-state index is 11.9. The van der Waals surface area contributed by atoms with E-state index < -0.39 is 9.84 Å². The van der Waals surface area contributed by atoms with E-state index in [1.54, 1.807) is 24.3 Å². The fourth-order valence-corrected chi connectivity index (χ4v) is 3.23. The molecule has 1 N–H and O–H groups in total. The van der Waals surface area contributed by atoms with Crippen LogP contribution in [-0.4, -0.2) is 33.6 Å². The smallest absolute Gasteiger partial charge is 0.170 e. The van der Waals surface area contributed by atoms with Crippen molar-refractivity contribution in [1.29, 1.82) is 0 Å². The molecule has 2 aromatic rings. The molecule has 2 rings (SSSR count). The Morgan fingerprint density at radius 2 is 1.73 bits per heavy atom. The van der Waals surface area contributed by atoms with Crippen molar-refractivity contribution in [3.8, 4) is 5.75 Å². The van der Waals surface area contributed by atoms with Crippen molar-refractivity contribution in [1.82, 2.24) is 0 Å². The van der Waals surface area contributed by atoms with Gasteiger partial charge in [-0.15, -0.1) is 0 Å². The van der Waals surface area contributed by atoms with Crippen LogP contribution in [0.1, 0.15) is 18.4 Å². The summed E-state index contributed by atoms with van der Waals surface area (Å²) in [7, 11) is -3.06. The Balaban J connectivity index is 1.66. The Kier molecular flexibility index (Phi) is 7.48. The van der Waals surface area contributed by atoms with Crippen molar-refractivity contribution in [3.63, 3.8) is 0 Å². The highest BCUT2D eigenvalue weighted by atomic mass is 35.5. The van der Waals surface area contributed by atoms with Crippen molar-refractivity contribution in [2.45, 2.75) is 18.6 Å². The summed E-state index contributed by atoms with van der Waals surface area (Å²) in [4.78, 5) is 11.9. The van der Waals surface area contributed by atoms with Crippen LogP contribution >= 0.6 is 11.6 Å². The number of carbonyl (C=O) groups excluding carboxylic acids is 1. The number of ether oxygens (including phenoxy) is 1. The molecule has 0 aromatic heterocycles. The topological polar surface area (TPSA) is 72.5 Å². The van der Waals surface area contributed by atoms with Gasteiger partial charge in [-0.3, -0.25) is 4.79 Å². The van der Waals surface area contributed by atoms with Crippen LogP contribution in [0.3, 0.4) is 0 Å². The van der Waals surface area contributed by atoms with Gasteiger partial charge in [0, 0.05) is 29.9 Å². The lowest BCUT2D eigenvalue weighted by molar-refractivity contribution is -0.121. The van der Waals surface area contributed by atoms with E-state index in [4.69, 9.17) is 16.3 Å². The molecule has 2 aromatic carbocycles. The Morgan fingerprint density at radius 1 is 1.08 bits per heavy atom. The third-order valence-electron chi connectivity index (χ3n) is 3.56.